The Balaban J connectivity index is 0.00000288. The van der Waals surface area contributed by atoms with Gasteiger partial charge in [0, 0.05) is 26.6 Å². The van der Waals surface area contributed by atoms with Crippen molar-refractivity contribution in [1.82, 2.24) is 10.6 Å². The molecule has 0 saturated heterocycles. The number of guanidine groups is 1. The minimum Gasteiger partial charge on any atom is -0.490 e. The Morgan fingerprint density at radius 1 is 1.17 bits per heavy atom. The van der Waals surface area contributed by atoms with Crippen LogP contribution in [0.4, 0.5) is 13.2 Å². The zero-order valence-corrected chi connectivity index (χ0v) is 15.6. The molecule has 1 aliphatic heterocycles. The van der Waals surface area contributed by atoms with E-state index in [-0.39, 0.29) is 30.5 Å². The second-order valence-corrected chi connectivity index (χ2v) is 5.05. The molecule has 1 aromatic carbocycles. The van der Waals surface area contributed by atoms with E-state index in [0.717, 1.165) is 12.0 Å². The Morgan fingerprint density at radius 2 is 1.88 bits per heavy atom. The normalized spacial score (nSPS) is 14.4. The molecule has 136 valence electrons. The maximum absolute atomic E-state index is 12.1. The van der Waals surface area contributed by atoms with E-state index in [1.807, 2.05) is 18.2 Å². The largest absolute Gasteiger partial charge is 0.490 e. The summed E-state index contributed by atoms with van der Waals surface area (Å²) >= 11 is 0. The predicted molar refractivity (Wildman–Crippen MR) is 96.3 cm³/mol. The molecular weight excluding hydrogens is 438 g/mol. The molecule has 1 aromatic rings. The fraction of sp³-hybridized carbons (Fsp3) is 0.533. The van der Waals surface area contributed by atoms with Gasteiger partial charge in [-0.1, -0.05) is 6.07 Å². The number of alkyl halides is 3. The lowest BCUT2D eigenvalue weighted by molar-refractivity contribution is -0.132. The average molecular weight is 459 g/mol. The molecular formula is C15H21F3IN3O2. The van der Waals surface area contributed by atoms with E-state index in [9.17, 15) is 13.2 Å². The smallest absolute Gasteiger partial charge is 0.390 e. The standard InChI is InChI=1S/C15H20F3N3O2.HI/c1-19-14(20-6-5-15(16,17)18)21-10-11-3-4-12-13(9-11)23-8-2-7-22-12;/h3-4,9H,2,5-8,10H2,1H3,(H2,19,20,21);1H. The minimum absolute atomic E-state index is 0. The first-order valence-corrected chi connectivity index (χ1v) is 7.38. The lowest BCUT2D eigenvalue weighted by Gasteiger charge is -2.14. The van der Waals surface area contributed by atoms with Crippen molar-refractivity contribution >= 4 is 29.9 Å². The maximum Gasteiger partial charge on any atom is 0.390 e. The van der Waals surface area contributed by atoms with E-state index in [4.69, 9.17) is 9.47 Å². The van der Waals surface area contributed by atoms with E-state index in [1.165, 1.54) is 7.05 Å². The third-order valence-electron chi connectivity index (χ3n) is 3.20. The van der Waals surface area contributed by atoms with Gasteiger partial charge in [-0.15, -0.1) is 24.0 Å². The van der Waals surface area contributed by atoms with E-state index in [1.54, 1.807) is 0 Å². The van der Waals surface area contributed by atoms with Gasteiger partial charge in [0.05, 0.1) is 19.6 Å². The molecule has 2 rings (SSSR count). The summed E-state index contributed by atoms with van der Waals surface area (Å²) in [5.74, 6) is 1.71. The Kier molecular flexibility index (Phi) is 8.43. The van der Waals surface area contributed by atoms with Gasteiger partial charge in [-0.2, -0.15) is 13.2 Å². The van der Waals surface area contributed by atoms with Crippen LogP contribution in [0.5, 0.6) is 11.5 Å². The number of ether oxygens (including phenoxy) is 2. The van der Waals surface area contributed by atoms with Crippen molar-refractivity contribution in [3.05, 3.63) is 23.8 Å². The second-order valence-electron chi connectivity index (χ2n) is 5.05. The Labute approximate surface area is 156 Å². The number of benzene rings is 1. The molecule has 0 spiro atoms. The van der Waals surface area contributed by atoms with Crippen LogP contribution in [0.3, 0.4) is 0 Å². The fourth-order valence-electron chi connectivity index (χ4n) is 2.05. The number of nitrogens with one attached hydrogen (secondary N) is 2. The molecule has 1 heterocycles. The molecule has 0 fully saturated rings. The van der Waals surface area contributed by atoms with Gasteiger partial charge in [0.15, 0.2) is 17.5 Å². The van der Waals surface area contributed by atoms with Crippen LogP contribution in [0.2, 0.25) is 0 Å². The quantitative estimate of drug-likeness (QED) is 0.413. The van der Waals surface area contributed by atoms with Gasteiger partial charge < -0.3 is 20.1 Å². The van der Waals surface area contributed by atoms with E-state index < -0.39 is 12.6 Å². The van der Waals surface area contributed by atoms with Crippen molar-refractivity contribution in [2.24, 2.45) is 4.99 Å². The summed E-state index contributed by atoms with van der Waals surface area (Å²) < 4.78 is 47.5. The molecule has 0 saturated carbocycles. The number of rotatable bonds is 4. The molecule has 0 radical (unpaired) electrons. The van der Waals surface area contributed by atoms with E-state index in [2.05, 4.69) is 15.6 Å². The number of halogens is 4. The van der Waals surface area contributed by atoms with Crippen LogP contribution < -0.4 is 20.1 Å². The average Bonchev–Trinajstić information content (AvgIpc) is 2.74. The topological polar surface area (TPSA) is 54.9 Å². The molecule has 9 heteroatoms. The van der Waals surface area contributed by atoms with Crippen LogP contribution in [0, 0.1) is 0 Å². The molecule has 5 nitrogen and oxygen atoms in total. The highest BCUT2D eigenvalue weighted by Crippen LogP contribution is 2.30. The van der Waals surface area contributed by atoms with Gasteiger partial charge in [0.1, 0.15) is 0 Å². The zero-order chi connectivity index (χ0) is 16.7. The maximum atomic E-state index is 12.1. The Morgan fingerprint density at radius 3 is 2.54 bits per heavy atom. The van der Waals surface area contributed by atoms with Crippen LogP contribution >= 0.6 is 24.0 Å². The third kappa shape index (κ3) is 7.02. The fourth-order valence-corrected chi connectivity index (χ4v) is 2.05. The molecule has 0 unspecified atom stereocenters. The lowest BCUT2D eigenvalue weighted by Crippen LogP contribution is -2.38. The molecule has 1 aliphatic rings. The Bertz CT molecular complexity index is 553. The van der Waals surface area contributed by atoms with Crippen LogP contribution in [-0.4, -0.2) is 38.9 Å². The number of nitrogens with zero attached hydrogens (tertiary/aromatic N) is 1. The molecule has 0 amide bonds. The number of hydrogen-bond acceptors (Lipinski definition) is 3. The Hall–Kier alpha value is -1.39. The monoisotopic (exact) mass is 459 g/mol. The number of hydrogen-bond donors (Lipinski definition) is 2. The first-order valence-electron chi connectivity index (χ1n) is 7.38. The number of aliphatic imine (C=N–C) groups is 1. The summed E-state index contributed by atoms with van der Waals surface area (Å²) in [4.78, 5) is 3.90. The first kappa shape index (κ1) is 20.7. The van der Waals surface area contributed by atoms with Gasteiger partial charge in [-0.3, -0.25) is 4.99 Å². The van der Waals surface area contributed by atoms with Crippen LogP contribution in [0.1, 0.15) is 18.4 Å². The highest BCUT2D eigenvalue weighted by Gasteiger charge is 2.26. The first-order chi connectivity index (χ1) is 11.0. The van der Waals surface area contributed by atoms with Gasteiger partial charge in [-0.25, -0.2) is 0 Å². The van der Waals surface area contributed by atoms with Crippen molar-refractivity contribution in [3.63, 3.8) is 0 Å². The van der Waals surface area contributed by atoms with Gasteiger partial charge in [0.2, 0.25) is 0 Å². The molecule has 0 aromatic heterocycles. The summed E-state index contributed by atoms with van der Waals surface area (Å²) in [6, 6.07) is 5.57. The van der Waals surface area contributed by atoms with Crippen molar-refractivity contribution in [1.29, 1.82) is 0 Å². The SMILES string of the molecule is CN=C(NCCC(F)(F)F)NCc1ccc2c(c1)OCCCO2.I. The van der Waals surface area contributed by atoms with Gasteiger partial charge in [-0.05, 0) is 17.7 Å². The highest BCUT2D eigenvalue weighted by molar-refractivity contribution is 14.0. The third-order valence-corrected chi connectivity index (χ3v) is 3.20. The van der Waals surface area contributed by atoms with Gasteiger partial charge >= 0.3 is 6.18 Å². The summed E-state index contributed by atoms with van der Waals surface area (Å²) in [7, 11) is 1.51. The summed E-state index contributed by atoms with van der Waals surface area (Å²) in [6.07, 6.45) is -4.25. The van der Waals surface area contributed by atoms with Crippen molar-refractivity contribution < 1.29 is 22.6 Å². The summed E-state index contributed by atoms with van der Waals surface area (Å²) in [5, 5.41) is 5.60. The summed E-state index contributed by atoms with van der Waals surface area (Å²) in [5.41, 5.74) is 0.924. The lowest BCUT2D eigenvalue weighted by atomic mass is 10.2. The van der Waals surface area contributed by atoms with Crippen LogP contribution in [-0.2, 0) is 6.54 Å². The minimum atomic E-state index is -4.18. The van der Waals surface area contributed by atoms with Crippen molar-refractivity contribution in [2.45, 2.75) is 25.6 Å². The van der Waals surface area contributed by atoms with Gasteiger partial charge in [0.25, 0.3) is 0 Å². The zero-order valence-electron chi connectivity index (χ0n) is 13.3. The highest BCUT2D eigenvalue weighted by atomic mass is 127. The van der Waals surface area contributed by atoms with Crippen molar-refractivity contribution in [3.8, 4) is 11.5 Å². The molecule has 0 atom stereocenters. The molecule has 0 aliphatic carbocycles. The molecule has 24 heavy (non-hydrogen) atoms. The number of fused-ring (bicyclic) bond motifs is 1. The van der Waals surface area contributed by atoms with Crippen LogP contribution in [0.25, 0.3) is 0 Å². The summed E-state index contributed by atoms with van der Waals surface area (Å²) in [6.45, 7) is 1.43. The molecule has 2 N–H and O–H groups in total. The predicted octanol–water partition coefficient (Wildman–Crippen LogP) is 3.08. The molecule has 0 bridgehead atoms. The van der Waals surface area contributed by atoms with Crippen molar-refractivity contribution in [2.75, 3.05) is 26.8 Å². The van der Waals surface area contributed by atoms with E-state index in [0.29, 0.717) is 37.2 Å². The van der Waals surface area contributed by atoms with E-state index >= 15 is 0 Å². The van der Waals surface area contributed by atoms with Crippen LogP contribution in [0.15, 0.2) is 23.2 Å². The second kappa shape index (κ2) is 9.80.